The van der Waals surface area contributed by atoms with Crippen LogP contribution in [-0.4, -0.2) is 21.3 Å². The Balaban J connectivity index is 0.00000280. The van der Waals surface area contributed by atoms with E-state index < -0.39 is 18.0 Å². The van der Waals surface area contributed by atoms with Crippen molar-refractivity contribution in [2.75, 3.05) is 5.32 Å². The Bertz CT molecular complexity index is 883. The fraction of sp³-hybridized carbons (Fsp3) is 0.524. The predicted molar refractivity (Wildman–Crippen MR) is 109 cm³/mol. The minimum absolute atomic E-state index is 0. The maximum Gasteiger partial charge on any atom is 0.511 e. The topological polar surface area (TPSA) is 65.4 Å². The van der Waals surface area contributed by atoms with Gasteiger partial charge in [-0.2, -0.15) is 0 Å². The first-order valence-electron chi connectivity index (χ1n) is 9.61. The number of nitrogens with zero attached hydrogens (tertiary/aromatic N) is 2. The third-order valence-electron chi connectivity index (χ3n) is 4.80. The monoisotopic (exact) mass is 373 g/mol. The Morgan fingerprint density at radius 3 is 2.67 bits per heavy atom. The van der Waals surface area contributed by atoms with Gasteiger partial charge in [0.05, 0.1) is 11.0 Å². The van der Waals surface area contributed by atoms with Gasteiger partial charge < -0.3 is 14.8 Å². The summed E-state index contributed by atoms with van der Waals surface area (Å²) in [5.41, 5.74) is 3.29. The van der Waals surface area contributed by atoms with Gasteiger partial charge in [-0.3, -0.25) is 4.57 Å². The molecule has 1 aliphatic rings. The largest absolute Gasteiger partial charge is 0.511 e. The summed E-state index contributed by atoms with van der Waals surface area (Å²) in [5.74, 6) is 0.996. The molecule has 1 aromatic carbocycles. The number of rotatable bonds is 4. The van der Waals surface area contributed by atoms with Crippen molar-refractivity contribution in [2.45, 2.75) is 66.2 Å². The van der Waals surface area contributed by atoms with E-state index in [-0.39, 0.29) is 1.43 Å². The number of anilines is 1. The molecule has 0 amide bonds. The van der Waals surface area contributed by atoms with Gasteiger partial charge in [0, 0.05) is 12.7 Å². The van der Waals surface area contributed by atoms with Crippen LogP contribution in [0, 0.1) is 5.92 Å². The molecule has 3 rings (SSSR count). The summed E-state index contributed by atoms with van der Waals surface area (Å²) in [6, 6.07) is 7.86. The van der Waals surface area contributed by atoms with Gasteiger partial charge in [0.1, 0.15) is 5.60 Å². The molecule has 6 nitrogen and oxygen atoms in total. The van der Waals surface area contributed by atoms with Gasteiger partial charge in [-0.05, 0) is 51.7 Å². The molecule has 0 spiro atoms. The number of nitrogens with one attached hydrogen (secondary N) is 1. The molecule has 2 unspecified atom stereocenters. The van der Waals surface area contributed by atoms with Gasteiger partial charge in [0.2, 0.25) is 12.2 Å². The minimum atomic E-state index is -0.674. The minimum Gasteiger partial charge on any atom is -0.429 e. The Kier molecular flexibility index (Phi) is 5.18. The van der Waals surface area contributed by atoms with E-state index in [4.69, 9.17) is 14.5 Å². The van der Waals surface area contributed by atoms with E-state index >= 15 is 0 Å². The van der Waals surface area contributed by atoms with Crippen LogP contribution in [0.2, 0.25) is 0 Å². The molecule has 0 saturated carbocycles. The number of imidazole rings is 1. The molecule has 2 heterocycles. The van der Waals surface area contributed by atoms with Crippen molar-refractivity contribution in [1.82, 2.24) is 9.55 Å². The van der Waals surface area contributed by atoms with Gasteiger partial charge in [-0.25, -0.2) is 9.78 Å². The van der Waals surface area contributed by atoms with Crippen LogP contribution in [0.15, 0.2) is 35.5 Å². The van der Waals surface area contributed by atoms with Crippen molar-refractivity contribution in [3.63, 3.8) is 0 Å². The van der Waals surface area contributed by atoms with Gasteiger partial charge in [-0.1, -0.05) is 32.9 Å². The maximum atomic E-state index is 12.5. The molecular formula is C21H31N3O3. The first kappa shape index (κ1) is 19.3. The molecule has 1 N–H and O–H groups in total. The average Bonchev–Trinajstić information content (AvgIpc) is 2.97. The highest BCUT2D eigenvalue weighted by Gasteiger charge is 2.34. The Labute approximate surface area is 162 Å². The van der Waals surface area contributed by atoms with Crippen molar-refractivity contribution >= 4 is 23.1 Å². The fourth-order valence-corrected chi connectivity index (χ4v) is 3.36. The van der Waals surface area contributed by atoms with Crippen LogP contribution < -0.4 is 5.32 Å². The highest BCUT2D eigenvalue weighted by atomic mass is 16.7. The summed E-state index contributed by atoms with van der Waals surface area (Å²) >= 11 is 0. The summed E-state index contributed by atoms with van der Waals surface area (Å²) in [5, 5.41) is 3.49. The molecule has 148 valence electrons. The van der Waals surface area contributed by atoms with E-state index in [1.165, 1.54) is 0 Å². The second-order valence-electron chi connectivity index (χ2n) is 7.96. The number of aromatic nitrogens is 2. The lowest BCUT2D eigenvalue weighted by atomic mass is 9.96. The lowest BCUT2D eigenvalue weighted by Gasteiger charge is -2.33. The first-order chi connectivity index (χ1) is 12.7. The van der Waals surface area contributed by atoms with E-state index in [0.717, 1.165) is 35.1 Å². The number of hydrogen-bond acceptors (Lipinski definition) is 5. The van der Waals surface area contributed by atoms with Crippen molar-refractivity contribution < 1.29 is 15.7 Å². The number of para-hydroxylation sites is 2. The Morgan fingerprint density at radius 1 is 1.33 bits per heavy atom. The number of ether oxygens (including phenoxy) is 2. The van der Waals surface area contributed by atoms with Gasteiger partial charge in [0.25, 0.3) is 0 Å². The van der Waals surface area contributed by atoms with Crippen LogP contribution >= 0.6 is 0 Å². The molecule has 2 atom stereocenters. The van der Waals surface area contributed by atoms with Gasteiger partial charge in [-0.15, -0.1) is 0 Å². The fourth-order valence-electron chi connectivity index (χ4n) is 3.36. The standard InChI is InChI=1S/C21H29N3O3.H2/c1-7-13(3)17-14(8-2)18(26-20(25)27-21(4,5)6)24-16-12-10-9-11-15(16)22-19(24)23-17;/h9-13,18H,7-8H2,1-6H3,(H,22,23);1H. The van der Waals surface area contributed by atoms with Crippen molar-refractivity contribution in [3.8, 4) is 0 Å². The van der Waals surface area contributed by atoms with Crippen LogP contribution in [0.5, 0.6) is 0 Å². The number of benzene rings is 1. The molecular weight excluding hydrogens is 342 g/mol. The van der Waals surface area contributed by atoms with E-state index in [1.807, 2.05) is 49.6 Å². The Morgan fingerprint density at radius 2 is 2.04 bits per heavy atom. The third-order valence-corrected chi connectivity index (χ3v) is 4.80. The molecule has 27 heavy (non-hydrogen) atoms. The molecule has 1 aliphatic heterocycles. The number of carbonyl (C=O) groups is 1. The lowest BCUT2D eigenvalue weighted by Crippen LogP contribution is -2.32. The molecule has 0 fully saturated rings. The van der Waals surface area contributed by atoms with Crippen molar-refractivity contribution in [1.29, 1.82) is 0 Å². The number of hydrogen-bond donors (Lipinski definition) is 1. The van der Waals surface area contributed by atoms with E-state index in [1.54, 1.807) is 0 Å². The summed E-state index contributed by atoms with van der Waals surface area (Å²) in [6.45, 7) is 11.9. The van der Waals surface area contributed by atoms with Crippen LogP contribution in [-0.2, 0) is 9.47 Å². The highest BCUT2D eigenvalue weighted by Crippen LogP contribution is 2.40. The number of fused-ring (bicyclic) bond motifs is 3. The molecule has 0 aliphatic carbocycles. The van der Waals surface area contributed by atoms with Crippen LogP contribution in [0.1, 0.15) is 62.0 Å². The SMILES string of the molecule is CCC1=C(C(C)CC)Nc2nc3ccccc3n2C1OC(=O)OC(C)(C)C.[HH]. The molecule has 0 saturated heterocycles. The second kappa shape index (κ2) is 7.25. The molecule has 0 radical (unpaired) electrons. The zero-order valence-corrected chi connectivity index (χ0v) is 17.0. The highest BCUT2D eigenvalue weighted by molar-refractivity contribution is 5.80. The smallest absolute Gasteiger partial charge is 0.429 e. The lowest BCUT2D eigenvalue weighted by molar-refractivity contribution is -0.0348. The predicted octanol–water partition coefficient (Wildman–Crippen LogP) is 5.87. The van der Waals surface area contributed by atoms with Crippen LogP contribution in [0.3, 0.4) is 0 Å². The van der Waals surface area contributed by atoms with Crippen molar-refractivity contribution in [3.05, 3.63) is 35.5 Å². The maximum absolute atomic E-state index is 12.5. The molecule has 6 heteroatoms. The quantitative estimate of drug-likeness (QED) is 0.679. The summed E-state index contributed by atoms with van der Waals surface area (Å²) in [6.07, 6.45) is 0.488. The zero-order valence-electron chi connectivity index (χ0n) is 17.0. The molecule has 0 bridgehead atoms. The first-order valence-corrected chi connectivity index (χ1v) is 9.61. The van der Waals surface area contributed by atoms with Crippen molar-refractivity contribution in [2.24, 2.45) is 5.92 Å². The summed E-state index contributed by atoms with van der Waals surface area (Å²) in [4.78, 5) is 17.2. The zero-order chi connectivity index (χ0) is 19.8. The van der Waals surface area contributed by atoms with Gasteiger partial charge in [0.15, 0.2) is 0 Å². The Hall–Kier alpha value is -2.50. The summed E-state index contributed by atoms with van der Waals surface area (Å²) in [7, 11) is 0. The van der Waals surface area contributed by atoms with Gasteiger partial charge >= 0.3 is 6.16 Å². The van der Waals surface area contributed by atoms with E-state index in [2.05, 4.69) is 26.1 Å². The number of allylic oxidation sites excluding steroid dienone is 1. The van der Waals surface area contributed by atoms with E-state index in [0.29, 0.717) is 11.9 Å². The second-order valence-corrected chi connectivity index (χ2v) is 7.96. The molecule has 2 aromatic rings. The molecule has 1 aromatic heterocycles. The third kappa shape index (κ3) is 3.80. The summed E-state index contributed by atoms with van der Waals surface area (Å²) < 4.78 is 13.2. The van der Waals surface area contributed by atoms with Crippen LogP contribution in [0.4, 0.5) is 10.7 Å². The van der Waals surface area contributed by atoms with Crippen LogP contribution in [0.25, 0.3) is 11.0 Å². The average molecular weight is 373 g/mol. The normalized spacial score (nSPS) is 18.1. The number of carbonyl (C=O) groups excluding carboxylic acids is 1. The van der Waals surface area contributed by atoms with E-state index in [9.17, 15) is 4.79 Å².